The zero-order chi connectivity index (χ0) is 20.2. The van der Waals surface area contributed by atoms with Gasteiger partial charge in [0.15, 0.2) is 0 Å². The van der Waals surface area contributed by atoms with Gasteiger partial charge in [-0.25, -0.2) is 4.98 Å². The number of likely N-dealkylation sites (tertiary alicyclic amines) is 2. The van der Waals surface area contributed by atoms with Crippen LogP contribution in [-0.4, -0.2) is 63.3 Å². The van der Waals surface area contributed by atoms with Crippen LogP contribution in [0.5, 0.6) is 0 Å². The van der Waals surface area contributed by atoms with E-state index in [1.54, 1.807) is 11.1 Å². The van der Waals surface area contributed by atoms with E-state index in [4.69, 9.17) is 0 Å². The lowest BCUT2D eigenvalue weighted by Gasteiger charge is -2.49. The number of carbonyl (C=O) groups is 3. The molecule has 3 aliphatic heterocycles. The van der Waals surface area contributed by atoms with E-state index in [1.807, 2.05) is 11.1 Å². The van der Waals surface area contributed by atoms with Crippen molar-refractivity contribution in [2.75, 3.05) is 26.2 Å². The van der Waals surface area contributed by atoms with Gasteiger partial charge in [-0.15, -0.1) is 0 Å². The summed E-state index contributed by atoms with van der Waals surface area (Å²) >= 11 is 0. The minimum atomic E-state index is -0.168. The predicted octanol–water partition coefficient (Wildman–Crippen LogP) is 1.04. The number of fused-ring (bicyclic) bond motifs is 2. The van der Waals surface area contributed by atoms with Crippen molar-refractivity contribution in [2.24, 2.45) is 11.8 Å². The highest BCUT2D eigenvalue weighted by Crippen LogP contribution is 2.48. The van der Waals surface area contributed by atoms with E-state index in [0.717, 1.165) is 37.9 Å². The van der Waals surface area contributed by atoms with Crippen molar-refractivity contribution in [3.05, 3.63) is 18.2 Å². The number of nitrogens with zero attached hydrogens (tertiary/aromatic N) is 4. The second kappa shape index (κ2) is 6.85. The third kappa shape index (κ3) is 3.13. The molecule has 156 valence electrons. The van der Waals surface area contributed by atoms with Crippen LogP contribution >= 0.6 is 0 Å². The average molecular weight is 399 g/mol. The number of rotatable bonds is 5. The van der Waals surface area contributed by atoms with Crippen LogP contribution in [-0.2, 0) is 19.9 Å². The fourth-order valence-electron chi connectivity index (χ4n) is 5.44. The van der Waals surface area contributed by atoms with Gasteiger partial charge in [-0.3, -0.25) is 14.4 Å². The Balaban J connectivity index is 1.21. The first-order valence-electron chi connectivity index (χ1n) is 10.9. The molecule has 1 unspecified atom stereocenters. The molecule has 1 aliphatic carbocycles. The molecule has 2 saturated heterocycles. The predicted molar refractivity (Wildman–Crippen MR) is 105 cm³/mol. The van der Waals surface area contributed by atoms with Gasteiger partial charge in [0.25, 0.3) is 0 Å². The number of hydrogen-bond donors (Lipinski definition) is 1. The number of piperidine rings is 1. The van der Waals surface area contributed by atoms with Gasteiger partial charge >= 0.3 is 0 Å². The summed E-state index contributed by atoms with van der Waals surface area (Å²) < 4.78 is 2.15. The maximum atomic E-state index is 12.7. The summed E-state index contributed by atoms with van der Waals surface area (Å²) in [7, 11) is 0. The minimum Gasteiger partial charge on any atom is -0.345 e. The van der Waals surface area contributed by atoms with Gasteiger partial charge in [0, 0.05) is 50.8 Å². The van der Waals surface area contributed by atoms with Crippen molar-refractivity contribution in [3.63, 3.8) is 0 Å². The summed E-state index contributed by atoms with van der Waals surface area (Å²) in [4.78, 5) is 45.3. The van der Waals surface area contributed by atoms with Gasteiger partial charge in [0.2, 0.25) is 17.7 Å². The summed E-state index contributed by atoms with van der Waals surface area (Å²) in [5, 5.41) is 3.09. The first-order valence-corrected chi connectivity index (χ1v) is 10.9. The van der Waals surface area contributed by atoms with Crippen molar-refractivity contribution < 1.29 is 14.4 Å². The van der Waals surface area contributed by atoms with Crippen LogP contribution in [0.1, 0.15) is 57.3 Å². The highest BCUT2D eigenvalue weighted by molar-refractivity contribution is 5.85. The Kier molecular flexibility index (Phi) is 4.40. The lowest BCUT2D eigenvalue weighted by Crippen LogP contribution is -2.63. The van der Waals surface area contributed by atoms with Gasteiger partial charge in [-0.2, -0.15) is 0 Å². The third-order valence-electron chi connectivity index (χ3n) is 7.21. The topological polar surface area (TPSA) is 87.5 Å². The number of nitrogens with one attached hydrogen (secondary N) is 1. The Morgan fingerprint density at radius 3 is 2.86 bits per heavy atom. The molecule has 8 nitrogen and oxygen atoms in total. The summed E-state index contributed by atoms with van der Waals surface area (Å²) in [6.45, 7) is 4.31. The first kappa shape index (κ1) is 18.6. The van der Waals surface area contributed by atoms with Crippen molar-refractivity contribution in [3.8, 4) is 0 Å². The lowest BCUT2D eigenvalue weighted by atomic mass is 9.85. The quantitative estimate of drug-likeness (QED) is 0.801. The SMILES string of the molecule is CC[C@@H]1C[C@H]1C(=O)N1CC2(CC(NC(=O)CN3CCCCC3=O)c3nccn32)C1. The molecule has 0 aromatic carbocycles. The molecule has 0 bridgehead atoms. The van der Waals surface area contributed by atoms with Crippen molar-refractivity contribution in [2.45, 2.75) is 57.0 Å². The Hall–Kier alpha value is -2.38. The molecule has 3 amide bonds. The standard InChI is InChI=1S/C21H29N5O3/c1-2-14-9-15(14)20(29)25-12-21(13-25)10-16(19-22-6-8-26(19)21)23-17(27)11-24-7-4-3-5-18(24)28/h6,8,14-16H,2-5,7,9-13H2,1H3,(H,23,27)/t14-,15-,16?/m1/s1. The van der Waals surface area contributed by atoms with Crippen LogP contribution in [0.15, 0.2) is 12.4 Å². The van der Waals surface area contributed by atoms with Gasteiger partial charge < -0.3 is 19.7 Å². The smallest absolute Gasteiger partial charge is 0.240 e. The Bertz CT molecular complexity index is 843. The number of imidazole rings is 1. The van der Waals surface area contributed by atoms with E-state index in [-0.39, 0.29) is 35.9 Å². The molecule has 1 aromatic heterocycles. The fourth-order valence-corrected chi connectivity index (χ4v) is 5.44. The summed E-state index contributed by atoms with van der Waals surface area (Å²) in [5.41, 5.74) is -0.156. The second-order valence-electron chi connectivity index (χ2n) is 9.18. The Morgan fingerprint density at radius 1 is 1.31 bits per heavy atom. The zero-order valence-electron chi connectivity index (χ0n) is 17.0. The monoisotopic (exact) mass is 399 g/mol. The van der Waals surface area contributed by atoms with Crippen LogP contribution in [0.25, 0.3) is 0 Å². The maximum absolute atomic E-state index is 12.7. The summed E-state index contributed by atoms with van der Waals surface area (Å²) in [6, 6.07) is -0.168. The van der Waals surface area contributed by atoms with Crippen LogP contribution < -0.4 is 5.32 Å². The van der Waals surface area contributed by atoms with Crippen LogP contribution in [0.4, 0.5) is 0 Å². The molecule has 4 heterocycles. The van der Waals surface area contributed by atoms with Crippen LogP contribution in [0, 0.1) is 11.8 Å². The fraction of sp³-hybridized carbons (Fsp3) is 0.714. The van der Waals surface area contributed by atoms with Gasteiger partial charge in [0.05, 0.1) is 18.1 Å². The van der Waals surface area contributed by atoms with E-state index in [2.05, 4.69) is 21.8 Å². The third-order valence-corrected chi connectivity index (χ3v) is 7.21. The van der Waals surface area contributed by atoms with E-state index in [0.29, 0.717) is 37.9 Å². The molecule has 1 N–H and O–H groups in total. The molecule has 1 spiro atoms. The number of hydrogen-bond acceptors (Lipinski definition) is 4. The maximum Gasteiger partial charge on any atom is 0.240 e. The summed E-state index contributed by atoms with van der Waals surface area (Å²) in [6.07, 6.45) is 8.99. The van der Waals surface area contributed by atoms with Crippen LogP contribution in [0.3, 0.4) is 0 Å². The van der Waals surface area contributed by atoms with Gasteiger partial charge in [0.1, 0.15) is 5.82 Å². The lowest BCUT2D eigenvalue weighted by molar-refractivity contribution is -0.144. The van der Waals surface area contributed by atoms with Gasteiger partial charge in [-0.05, 0) is 25.2 Å². The largest absolute Gasteiger partial charge is 0.345 e. The van der Waals surface area contributed by atoms with Crippen molar-refractivity contribution in [1.29, 1.82) is 0 Å². The molecule has 3 atom stereocenters. The number of aromatic nitrogens is 2. The highest BCUT2D eigenvalue weighted by atomic mass is 16.2. The number of amides is 3. The molecule has 5 rings (SSSR count). The van der Waals surface area contributed by atoms with Crippen molar-refractivity contribution >= 4 is 17.7 Å². The van der Waals surface area contributed by atoms with E-state index in [1.165, 1.54) is 0 Å². The van der Waals surface area contributed by atoms with Crippen molar-refractivity contribution in [1.82, 2.24) is 24.7 Å². The normalized spacial score (nSPS) is 29.6. The van der Waals surface area contributed by atoms with E-state index in [9.17, 15) is 14.4 Å². The Morgan fingerprint density at radius 2 is 2.14 bits per heavy atom. The molecular formula is C21H29N5O3. The zero-order valence-corrected chi connectivity index (χ0v) is 17.0. The number of carbonyl (C=O) groups excluding carboxylic acids is 3. The van der Waals surface area contributed by atoms with E-state index < -0.39 is 0 Å². The highest BCUT2D eigenvalue weighted by Gasteiger charge is 2.56. The van der Waals surface area contributed by atoms with Crippen LogP contribution in [0.2, 0.25) is 0 Å². The molecular weight excluding hydrogens is 370 g/mol. The summed E-state index contributed by atoms with van der Waals surface area (Å²) in [5.74, 6) is 1.87. The molecule has 8 heteroatoms. The molecule has 3 fully saturated rings. The Labute approximate surface area is 170 Å². The molecule has 0 radical (unpaired) electrons. The second-order valence-corrected chi connectivity index (χ2v) is 9.18. The van der Waals surface area contributed by atoms with Gasteiger partial charge in [-0.1, -0.05) is 13.3 Å². The molecule has 1 aromatic rings. The first-order chi connectivity index (χ1) is 14.0. The molecule has 4 aliphatic rings. The average Bonchev–Trinajstić information content (AvgIpc) is 3.19. The minimum absolute atomic E-state index is 0.0643. The van der Waals surface area contributed by atoms with E-state index >= 15 is 0 Å². The molecule has 1 saturated carbocycles. The molecule has 29 heavy (non-hydrogen) atoms.